The topological polar surface area (TPSA) is 38.8 Å². The number of nitrogens with zero attached hydrogens (tertiary/aromatic N) is 1. The van der Waals surface area contributed by atoms with Crippen LogP contribution >= 0.6 is 0 Å². The minimum absolute atomic E-state index is 0.0345. The van der Waals surface area contributed by atoms with Crippen molar-refractivity contribution >= 4 is 11.6 Å². The molecule has 1 atom stereocenters. The van der Waals surface area contributed by atoms with Gasteiger partial charge in [-0.15, -0.1) is 0 Å². The largest absolute Gasteiger partial charge is 0.454 e. The standard InChI is InChI=1S/C16H10F3NO3/c17-10-3-1-2-9(6-10)14-16(18,19)15(21)20(14)11-4-5-12-13(7-11)23-8-22-12/h1-7,14H,8H2. The van der Waals surface area contributed by atoms with Crippen molar-refractivity contribution in [2.24, 2.45) is 0 Å². The van der Waals surface area contributed by atoms with Gasteiger partial charge in [0.25, 0.3) is 0 Å². The summed E-state index contributed by atoms with van der Waals surface area (Å²) in [6.07, 6.45) is 0. The van der Waals surface area contributed by atoms with Crippen molar-refractivity contribution in [2.45, 2.75) is 12.0 Å². The Morgan fingerprint density at radius 2 is 1.87 bits per heavy atom. The number of ether oxygens (including phenoxy) is 2. The number of rotatable bonds is 2. The van der Waals surface area contributed by atoms with Crippen LogP contribution in [0.15, 0.2) is 42.5 Å². The van der Waals surface area contributed by atoms with Crippen molar-refractivity contribution < 1.29 is 27.4 Å². The van der Waals surface area contributed by atoms with E-state index in [1.54, 1.807) is 6.07 Å². The maximum absolute atomic E-state index is 14.1. The summed E-state index contributed by atoms with van der Waals surface area (Å²) >= 11 is 0. The minimum atomic E-state index is -3.58. The van der Waals surface area contributed by atoms with Gasteiger partial charge in [0.05, 0.1) is 0 Å². The second-order valence-electron chi connectivity index (χ2n) is 5.29. The molecule has 1 saturated heterocycles. The Labute approximate surface area is 129 Å². The molecule has 2 aliphatic rings. The molecule has 2 aromatic rings. The minimum Gasteiger partial charge on any atom is -0.454 e. The third-order valence-electron chi connectivity index (χ3n) is 3.90. The lowest BCUT2D eigenvalue weighted by molar-refractivity contribution is -0.162. The average molecular weight is 321 g/mol. The molecular weight excluding hydrogens is 311 g/mol. The summed E-state index contributed by atoms with van der Waals surface area (Å²) < 4.78 is 51.8. The molecule has 0 bridgehead atoms. The van der Waals surface area contributed by atoms with Crippen LogP contribution in [0.4, 0.5) is 18.9 Å². The number of hydrogen-bond acceptors (Lipinski definition) is 3. The first-order chi connectivity index (χ1) is 11.0. The number of carbonyl (C=O) groups is 1. The van der Waals surface area contributed by atoms with Crippen LogP contribution in [0.2, 0.25) is 0 Å². The van der Waals surface area contributed by atoms with E-state index in [1.807, 2.05) is 0 Å². The fourth-order valence-corrected chi connectivity index (χ4v) is 2.83. The monoisotopic (exact) mass is 321 g/mol. The molecule has 7 heteroatoms. The number of carbonyl (C=O) groups excluding carboxylic acids is 1. The van der Waals surface area contributed by atoms with E-state index >= 15 is 0 Å². The fourth-order valence-electron chi connectivity index (χ4n) is 2.83. The zero-order valence-electron chi connectivity index (χ0n) is 11.6. The van der Waals surface area contributed by atoms with E-state index < -0.39 is 23.7 Å². The summed E-state index contributed by atoms with van der Waals surface area (Å²) in [5, 5.41) is 0. The lowest BCUT2D eigenvalue weighted by Crippen LogP contribution is -2.64. The molecule has 0 saturated carbocycles. The first-order valence-corrected chi connectivity index (χ1v) is 6.85. The first-order valence-electron chi connectivity index (χ1n) is 6.85. The number of fused-ring (bicyclic) bond motifs is 1. The molecule has 0 radical (unpaired) electrons. The fraction of sp³-hybridized carbons (Fsp3) is 0.188. The Hall–Kier alpha value is -2.70. The summed E-state index contributed by atoms with van der Waals surface area (Å²) in [6, 6.07) is 7.82. The van der Waals surface area contributed by atoms with Crippen LogP contribution in [0, 0.1) is 5.82 Å². The molecule has 4 nitrogen and oxygen atoms in total. The summed E-state index contributed by atoms with van der Waals surface area (Å²) in [5.41, 5.74) is 0.284. The molecule has 4 rings (SSSR count). The van der Waals surface area contributed by atoms with Gasteiger partial charge in [-0.1, -0.05) is 12.1 Å². The van der Waals surface area contributed by atoms with Crippen LogP contribution in [-0.4, -0.2) is 18.6 Å². The van der Waals surface area contributed by atoms with Gasteiger partial charge in [-0.25, -0.2) is 4.39 Å². The number of anilines is 1. The van der Waals surface area contributed by atoms with E-state index in [-0.39, 0.29) is 18.0 Å². The molecule has 0 N–H and O–H groups in total. The highest BCUT2D eigenvalue weighted by atomic mass is 19.3. The highest BCUT2D eigenvalue weighted by Gasteiger charge is 2.64. The molecule has 1 amide bonds. The van der Waals surface area contributed by atoms with Gasteiger partial charge in [0.15, 0.2) is 11.5 Å². The maximum atomic E-state index is 14.1. The third kappa shape index (κ3) is 1.96. The SMILES string of the molecule is O=C1N(c2ccc3c(c2)OCO3)C(c2cccc(F)c2)C1(F)F. The van der Waals surface area contributed by atoms with E-state index in [2.05, 4.69) is 0 Å². The Balaban J connectivity index is 1.76. The van der Waals surface area contributed by atoms with E-state index in [0.717, 1.165) is 17.0 Å². The number of β-lactam (4-membered cyclic amide) rings is 1. The van der Waals surface area contributed by atoms with Crippen LogP contribution in [0.1, 0.15) is 11.6 Å². The summed E-state index contributed by atoms with van der Waals surface area (Å²) in [5.74, 6) is -4.68. The zero-order valence-corrected chi connectivity index (χ0v) is 11.6. The molecule has 2 aromatic carbocycles. The molecule has 1 unspecified atom stereocenters. The second-order valence-corrected chi connectivity index (χ2v) is 5.29. The summed E-state index contributed by atoms with van der Waals surface area (Å²) in [4.78, 5) is 12.8. The highest BCUT2D eigenvalue weighted by molar-refractivity contribution is 6.07. The van der Waals surface area contributed by atoms with Gasteiger partial charge in [0.1, 0.15) is 11.9 Å². The van der Waals surface area contributed by atoms with Gasteiger partial charge in [0, 0.05) is 11.8 Å². The molecule has 0 aliphatic carbocycles. The molecule has 2 aliphatic heterocycles. The van der Waals surface area contributed by atoms with Crippen LogP contribution < -0.4 is 14.4 Å². The number of halogens is 3. The van der Waals surface area contributed by atoms with Gasteiger partial charge >= 0.3 is 11.8 Å². The van der Waals surface area contributed by atoms with Crippen molar-refractivity contribution in [3.05, 3.63) is 53.8 Å². The van der Waals surface area contributed by atoms with Crippen molar-refractivity contribution in [2.75, 3.05) is 11.7 Å². The van der Waals surface area contributed by atoms with Crippen molar-refractivity contribution in [3.63, 3.8) is 0 Å². The van der Waals surface area contributed by atoms with Gasteiger partial charge in [-0.2, -0.15) is 8.78 Å². The molecule has 0 aromatic heterocycles. The highest BCUT2D eigenvalue weighted by Crippen LogP contribution is 2.51. The molecule has 118 valence electrons. The predicted octanol–water partition coefficient (Wildman–Crippen LogP) is 3.28. The number of hydrogen-bond donors (Lipinski definition) is 0. The quantitative estimate of drug-likeness (QED) is 0.797. The molecule has 0 spiro atoms. The van der Waals surface area contributed by atoms with Crippen LogP contribution in [-0.2, 0) is 4.79 Å². The van der Waals surface area contributed by atoms with Crippen molar-refractivity contribution in [1.29, 1.82) is 0 Å². The van der Waals surface area contributed by atoms with E-state index in [1.165, 1.54) is 24.3 Å². The Kier molecular flexibility index (Phi) is 2.81. The summed E-state index contributed by atoms with van der Waals surface area (Å²) in [7, 11) is 0. The maximum Gasteiger partial charge on any atom is 0.349 e. The number of alkyl halides is 2. The number of benzene rings is 2. The molecule has 2 heterocycles. The lowest BCUT2D eigenvalue weighted by atomic mass is 9.89. The predicted molar refractivity (Wildman–Crippen MR) is 74.1 cm³/mol. The van der Waals surface area contributed by atoms with E-state index in [4.69, 9.17) is 9.47 Å². The number of amides is 1. The molecule has 1 fully saturated rings. The van der Waals surface area contributed by atoms with Crippen molar-refractivity contribution in [3.8, 4) is 11.5 Å². The van der Waals surface area contributed by atoms with Crippen LogP contribution in [0.3, 0.4) is 0 Å². The van der Waals surface area contributed by atoms with Gasteiger partial charge < -0.3 is 9.47 Å². The Morgan fingerprint density at radius 3 is 2.65 bits per heavy atom. The molecule has 23 heavy (non-hydrogen) atoms. The van der Waals surface area contributed by atoms with Gasteiger partial charge in [-0.05, 0) is 29.8 Å². The van der Waals surface area contributed by atoms with Crippen molar-refractivity contribution in [1.82, 2.24) is 0 Å². The van der Waals surface area contributed by atoms with Crippen LogP contribution in [0.25, 0.3) is 0 Å². The Morgan fingerprint density at radius 1 is 1.09 bits per heavy atom. The summed E-state index contributed by atoms with van der Waals surface area (Å²) in [6.45, 7) is 0.0379. The molecular formula is C16H10F3NO3. The first kappa shape index (κ1) is 13.9. The van der Waals surface area contributed by atoms with Crippen LogP contribution in [0.5, 0.6) is 11.5 Å². The third-order valence-corrected chi connectivity index (χ3v) is 3.90. The Bertz CT molecular complexity index is 809. The van der Waals surface area contributed by atoms with E-state index in [9.17, 15) is 18.0 Å². The smallest absolute Gasteiger partial charge is 0.349 e. The average Bonchev–Trinajstić information content (AvgIpc) is 2.99. The van der Waals surface area contributed by atoms with Gasteiger partial charge in [0.2, 0.25) is 6.79 Å². The second kappa shape index (κ2) is 4.65. The normalized spacial score (nSPS) is 21.3. The lowest BCUT2D eigenvalue weighted by Gasteiger charge is -2.46. The van der Waals surface area contributed by atoms with E-state index in [0.29, 0.717) is 11.5 Å². The van der Waals surface area contributed by atoms with Gasteiger partial charge in [-0.3, -0.25) is 9.69 Å². The zero-order chi connectivity index (χ0) is 16.2.